The van der Waals surface area contributed by atoms with Gasteiger partial charge in [0.1, 0.15) is 11.8 Å². The summed E-state index contributed by atoms with van der Waals surface area (Å²) in [5, 5.41) is 1.39. The molecule has 0 bridgehead atoms. The van der Waals surface area contributed by atoms with E-state index < -0.39 is 0 Å². The molecule has 0 aliphatic carbocycles. The monoisotopic (exact) mass is 285 g/mol. The Morgan fingerprint density at radius 3 is 2.95 bits per heavy atom. The molecule has 0 unspecified atom stereocenters. The third-order valence-corrected chi connectivity index (χ3v) is 3.48. The molecule has 0 aliphatic rings. The molecule has 4 rings (SSSR count). The Bertz CT molecular complexity index is 996. The number of pyridine rings is 1. The van der Waals surface area contributed by atoms with Crippen molar-refractivity contribution in [2.45, 2.75) is 0 Å². The topological polar surface area (TPSA) is 74.7 Å². The van der Waals surface area contributed by atoms with Crippen molar-refractivity contribution in [3.8, 4) is 11.3 Å². The molecule has 0 amide bonds. The molecule has 20 heavy (non-hydrogen) atoms. The summed E-state index contributed by atoms with van der Waals surface area (Å²) < 4.78 is 5.50. The Morgan fingerprint density at radius 2 is 2.05 bits per heavy atom. The van der Waals surface area contributed by atoms with E-state index in [0.717, 1.165) is 16.5 Å². The van der Waals surface area contributed by atoms with Crippen LogP contribution in [0.3, 0.4) is 0 Å². The van der Waals surface area contributed by atoms with Crippen LogP contribution in [0, 0.1) is 0 Å². The summed E-state index contributed by atoms with van der Waals surface area (Å²) in [4.78, 5) is 21.0. The lowest BCUT2D eigenvalue weighted by atomic mass is 10.1. The van der Waals surface area contributed by atoms with E-state index >= 15 is 0 Å². The molecule has 98 valence electrons. The van der Waals surface area contributed by atoms with Gasteiger partial charge in [-0.1, -0.05) is 29.8 Å². The number of furan rings is 1. The average molecular weight is 286 g/mol. The molecule has 1 aromatic carbocycles. The first-order chi connectivity index (χ1) is 9.72. The minimum absolute atomic E-state index is 0.308. The fraction of sp³-hybridized carbons (Fsp3) is 0. The molecule has 5 nitrogen and oxygen atoms in total. The van der Waals surface area contributed by atoms with Crippen LogP contribution in [0.15, 0.2) is 45.8 Å². The fourth-order valence-electron chi connectivity index (χ4n) is 2.29. The van der Waals surface area contributed by atoms with E-state index in [1.54, 1.807) is 12.3 Å². The van der Waals surface area contributed by atoms with Crippen molar-refractivity contribution in [3.05, 3.63) is 52.1 Å². The number of para-hydroxylation sites is 1. The second-order valence-corrected chi connectivity index (χ2v) is 4.85. The van der Waals surface area contributed by atoms with Crippen molar-refractivity contribution in [1.82, 2.24) is 15.0 Å². The highest BCUT2D eigenvalue weighted by molar-refractivity contribution is 6.34. The van der Waals surface area contributed by atoms with Gasteiger partial charge in [0.25, 0.3) is 0 Å². The molecule has 0 radical (unpaired) electrons. The second kappa shape index (κ2) is 3.98. The number of hydrogen-bond donors (Lipinski definition) is 2. The van der Waals surface area contributed by atoms with Crippen molar-refractivity contribution >= 4 is 33.7 Å². The van der Waals surface area contributed by atoms with Crippen LogP contribution in [0.2, 0.25) is 5.02 Å². The lowest BCUT2D eigenvalue weighted by Crippen LogP contribution is -1.99. The van der Waals surface area contributed by atoms with Gasteiger partial charge in [-0.2, -0.15) is 0 Å². The summed E-state index contributed by atoms with van der Waals surface area (Å²) in [6.07, 6.45) is 1.62. The van der Waals surface area contributed by atoms with Crippen LogP contribution < -0.4 is 5.69 Å². The molecule has 0 atom stereocenters. The van der Waals surface area contributed by atoms with Crippen LogP contribution in [0.1, 0.15) is 0 Å². The zero-order chi connectivity index (χ0) is 13.7. The summed E-state index contributed by atoms with van der Waals surface area (Å²) in [6, 6.07) is 9.32. The molecular weight excluding hydrogens is 278 g/mol. The van der Waals surface area contributed by atoms with Crippen LogP contribution in [0.4, 0.5) is 0 Å². The number of aromatic nitrogens is 3. The lowest BCUT2D eigenvalue weighted by molar-refractivity contribution is 0.617. The lowest BCUT2D eigenvalue weighted by Gasteiger charge is -2.01. The molecule has 3 aromatic heterocycles. The zero-order valence-corrected chi connectivity index (χ0v) is 10.9. The number of aromatic amines is 2. The fourth-order valence-corrected chi connectivity index (χ4v) is 2.54. The maximum Gasteiger partial charge on any atom is 0.325 e. The first-order valence-electron chi connectivity index (χ1n) is 5.97. The van der Waals surface area contributed by atoms with Gasteiger partial charge in [0.05, 0.1) is 16.2 Å². The molecule has 2 N–H and O–H groups in total. The molecule has 0 spiro atoms. The van der Waals surface area contributed by atoms with E-state index in [4.69, 9.17) is 16.0 Å². The zero-order valence-electron chi connectivity index (χ0n) is 10.1. The highest BCUT2D eigenvalue weighted by Gasteiger charge is 2.14. The summed E-state index contributed by atoms with van der Waals surface area (Å²) in [7, 11) is 0. The van der Waals surface area contributed by atoms with E-state index in [9.17, 15) is 4.79 Å². The Kier molecular flexibility index (Phi) is 2.25. The van der Waals surface area contributed by atoms with Crippen LogP contribution in [-0.2, 0) is 0 Å². The Morgan fingerprint density at radius 1 is 1.20 bits per heavy atom. The van der Waals surface area contributed by atoms with E-state index in [2.05, 4.69) is 15.0 Å². The number of imidazole rings is 1. The minimum Gasteiger partial charge on any atom is -0.464 e. The van der Waals surface area contributed by atoms with Gasteiger partial charge < -0.3 is 9.40 Å². The predicted octanol–water partition coefficient (Wildman–Crippen LogP) is 3.32. The van der Waals surface area contributed by atoms with Crippen LogP contribution in [-0.4, -0.2) is 15.0 Å². The molecule has 4 aromatic rings. The van der Waals surface area contributed by atoms with Crippen LogP contribution in [0.5, 0.6) is 0 Å². The summed E-state index contributed by atoms with van der Waals surface area (Å²) in [5.74, 6) is 0. The minimum atomic E-state index is -0.308. The Hall–Kier alpha value is -2.53. The number of fused-ring (bicyclic) bond motifs is 2. The number of H-pyrrole nitrogens is 2. The van der Waals surface area contributed by atoms with Crippen molar-refractivity contribution in [2.24, 2.45) is 0 Å². The van der Waals surface area contributed by atoms with Crippen molar-refractivity contribution < 1.29 is 4.42 Å². The summed E-state index contributed by atoms with van der Waals surface area (Å²) in [5.41, 5.74) is 2.89. The summed E-state index contributed by atoms with van der Waals surface area (Å²) in [6.45, 7) is 0. The standard InChI is InChI=1S/C14H8ClN3O2/c15-9-5-10-13(18-14(19)16-10)17-12(9)8-6-20-11-4-2-1-3-7(8)11/h1-6H,(H2,16,17,18,19). The van der Waals surface area contributed by atoms with Gasteiger partial charge in [0.2, 0.25) is 0 Å². The van der Waals surface area contributed by atoms with Gasteiger partial charge in [0, 0.05) is 10.9 Å². The van der Waals surface area contributed by atoms with Gasteiger partial charge in [-0.3, -0.25) is 4.98 Å². The number of halogens is 1. The largest absolute Gasteiger partial charge is 0.464 e. The molecule has 0 fully saturated rings. The first-order valence-corrected chi connectivity index (χ1v) is 6.35. The number of nitrogens with one attached hydrogen (secondary N) is 2. The van der Waals surface area contributed by atoms with Crippen molar-refractivity contribution in [1.29, 1.82) is 0 Å². The number of nitrogens with zero attached hydrogens (tertiary/aromatic N) is 1. The maximum absolute atomic E-state index is 11.3. The normalized spacial score (nSPS) is 11.4. The van der Waals surface area contributed by atoms with E-state index in [1.165, 1.54) is 0 Å². The predicted molar refractivity (Wildman–Crippen MR) is 76.9 cm³/mol. The van der Waals surface area contributed by atoms with E-state index in [-0.39, 0.29) is 5.69 Å². The third kappa shape index (κ3) is 1.57. The van der Waals surface area contributed by atoms with Crippen LogP contribution in [0.25, 0.3) is 33.4 Å². The van der Waals surface area contributed by atoms with Crippen LogP contribution >= 0.6 is 11.6 Å². The smallest absolute Gasteiger partial charge is 0.325 e. The molecule has 0 saturated heterocycles. The van der Waals surface area contributed by atoms with Gasteiger partial charge >= 0.3 is 5.69 Å². The van der Waals surface area contributed by atoms with E-state index in [1.807, 2.05) is 24.3 Å². The highest BCUT2D eigenvalue weighted by Crippen LogP contribution is 2.34. The van der Waals surface area contributed by atoms with E-state index in [0.29, 0.717) is 21.9 Å². The Balaban J connectivity index is 2.06. The quantitative estimate of drug-likeness (QED) is 0.563. The Labute approximate surface area is 117 Å². The van der Waals surface area contributed by atoms with Crippen molar-refractivity contribution in [2.75, 3.05) is 0 Å². The number of hydrogen-bond acceptors (Lipinski definition) is 3. The third-order valence-electron chi connectivity index (χ3n) is 3.19. The molecule has 3 heterocycles. The summed E-state index contributed by atoms with van der Waals surface area (Å²) >= 11 is 6.26. The molecular formula is C14H8ClN3O2. The van der Waals surface area contributed by atoms with Gasteiger partial charge in [-0.05, 0) is 12.1 Å². The maximum atomic E-state index is 11.3. The molecule has 0 aliphatic heterocycles. The highest BCUT2D eigenvalue weighted by atomic mass is 35.5. The molecule has 6 heteroatoms. The number of benzene rings is 1. The SMILES string of the molecule is O=c1[nH]c2cc(Cl)c(-c3coc4ccccc34)nc2[nH]1. The first kappa shape index (κ1) is 11.3. The van der Waals surface area contributed by atoms with Gasteiger partial charge in [-0.15, -0.1) is 0 Å². The van der Waals surface area contributed by atoms with Gasteiger partial charge in [-0.25, -0.2) is 9.78 Å². The number of rotatable bonds is 1. The van der Waals surface area contributed by atoms with Gasteiger partial charge in [0.15, 0.2) is 5.65 Å². The molecule has 0 saturated carbocycles. The van der Waals surface area contributed by atoms with Crippen molar-refractivity contribution in [3.63, 3.8) is 0 Å². The second-order valence-electron chi connectivity index (χ2n) is 4.44. The average Bonchev–Trinajstić information content (AvgIpc) is 3.00.